The number of methoxy groups -OCH3 is 1. The number of benzene rings is 2. The summed E-state index contributed by atoms with van der Waals surface area (Å²) in [5.41, 5.74) is 1.51. The van der Waals surface area contributed by atoms with Crippen LogP contribution >= 0.6 is 0 Å². The third-order valence-electron chi connectivity index (χ3n) is 4.03. The molecule has 0 radical (unpaired) electrons. The smallest absolute Gasteiger partial charge is 0.307 e. The van der Waals surface area contributed by atoms with Crippen molar-refractivity contribution in [2.45, 2.75) is 19.3 Å². The van der Waals surface area contributed by atoms with Gasteiger partial charge in [-0.05, 0) is 35.7 Å². The van der Waals surface area contributed by atoms with Crippen LogP contribution in [0.4, 0.5) is 5.69 Å². The average Bonchev–Trinajstić information content (AvgIpc) is 2.60. The predicted molar refractivity (Wildman–Crippen MR) is 92.2 cm³/mol. The first-order valence-corrected chi connectivity index (χ1v) is 7.73. The molecule has 126 valence electrons. The van der Waals surface area contributed by atoms with Crippen LogP contribution in [0.5, 0.6) is 5.75 Å². The zero-order chi connectivity index (χ0) is 17.5. The number of carboxylic acids is 1. The van der Waals surface area contributed by atoms with E-state index < -0.39 is 11.9 Å². The van der Waals surface area contributed by atoms with Crippen molar-refractivity contribution in [2.24, 2.45) is 5.92 Å². The van der Waals surface area contributed by atoms with E-state index in [9.17, 15) is 14.7 Å². The highest BCUT2D eigenvalue weighted by Gasteiger charge is 2.28. The molecule has 0 bridgehead atoms. The van der Waals surface area contributed by atoms with Gasteiger partial charge in [0.05, 0.1) is 13.0 Å². The Kier molecular flexibility index (Phi) is 5.95. The molecule has 0 spiro atoms. The molecular weight excluding hydrogens is 306 g/mol. The zero-order valence-corrected chi connectivity index (χ0v) is 13.7. The maximum absolute atomic E-state index is 12.2. The van der Waals surface area contributed by atoms with Gasteiger partial charge in [-0.3, -0.25) is 9.59 Å². The average molecular weight is 327 g/mol. The molecule has 0 unspecified atom stereocenters. The minimum Gasteiger partial charge on any atom is -0.497 e. The quantitative estimate of drug-likeness (QED) is 0.816. The van der Waals surface area contributed by atoms with Gasteiger partial charge in [-0.15, -0.1) is 0 Å². The lowest BCUT2D eigenvalue weighted by Crippen LogP contribution is -2.26. The van der Waals surface area contributed by atoms with Gasteiger partial charge in [0.15, 0.2) is 0 Å². The molecule has 1 amide bonds. The zero-order valence-electron chi connectivity index (χ0n) is 13.7. The number of anilines is 1. The van der Waals surface area contributed by atoms with E-state index in [0.29, 0.717) is 11.4 Å². The fraction of sp³-hybridized carbons (Fsp3) is 0.263. The maximum Gasteiger partial charge on any atom is 0.307 e. The third-order valence-corrected chi connectivity index (χ3v) is 4.03. The molecule has 5 heteroatoms. The summed E-state index contributed by atoms with van der Waals surface area (Å²) in [6.45, 7) is 1.83. The first-order valence-electron chi connectivity index (χ1n) is 7.73. The standard InChI is InChI=1S/C19H21NO4/c1-13(14-6-4-3-5-7-14)17(19(22)23)12-18(21)20-15-8-10-16(24-2)11-9-15/h3-11,13,17H,12H2,1-2H3,(H,20,21)(H,22,23)/t13-,17+/m0/s1. The van der Waals surface area contributed by atoms with Gasteiger partial charge in [-0.2, -0.15) is 0 Å². The molecule has 2 aromatic rings. The number of aliphatic carboxylic acids is 1. The third kappa shape index (κ3) is 4.59. The maximum atomic E-state index is 12.2. The van der Waals surface area contributed by atoms with E-state index in [1.54, 1.807) is 31.4 Å². The van der Waals surface area contributed by atoms with E-state index >= 15 is 0 Å². The molecule has 24 heavy (non-hydrogen) atoms. The van der Waals surface area contributed by atoms with E-state index in [0.717, 1.165) is 5.56 Å². The van der Waals surface area contributed by atoms with Crippen molar-refractivity contribution >= 4 is 17.6 Å². The normalized spacial score (nSPS) is 12.9. The largest absolute Gasteiger partial charge is 0.497 e. The Balaban J connectivity index is 2.04. The monoisotopic (exact) mass is 327 g/mol. The van der Waals surface area contributed by atoms with Gasteiger partial charge >= 0.3 is 5.97 Å². The number of amides is 1. The molecule has 0 aliphatic carbocycles. The molecule has 0 saturated carbocycles. The summed E-state index contributed by atoms with van der Waals surface area (Å²) in [6.07, 6.45) is -0.0859. The number of ether oxygens (including phenoxy) is 1. The van der Waals surface area contributed by atoms with Crippen LogP contribution in [0.25, 0.3) is 0 Å². The Morgan fingerprint density at radius 3 is 2.25 bits per heavy atom. The van der Waals surface area contributed by atoms with E-state index in [-0.39, 0.29) is 18.2 Å². The van der Waals surface area contributed by atoms with E-state index in [1.165, 1.54) is 0 Å². The summed E-state index contributed by atoms with van der Waals surface area (Å²) in [5, 5.41) is 12.2. The van der Waals surface area contributed by atoms with E-state index in [2.05, 4.69) is 5.32 Å². The Labute approximate surface area is 141 Å². The Hall–Kier alpha value is -2.82. The minimum atomic E-state index is -0.976. The van der Waals surface area contributed by atoms with Crippen molar-refractivity contribution < 1.29 is 19.4 Å². The van der Waals surface area contributed by atoms with Gasteiger partial charge < -0.3 is 15.2 Å². The van der Waals surface area contributed by atoms with E-state index in [4.69, 9.17) is 4.74 Å². The summed E-state index contributed by atoms with van der Waals surface area (Å²) in [5.74, 6) is -1.66. The van der Waals surface area contributed by atoms with Crippen LogP contribution in [0.1, 0.15) is 24.8 Å². The Bertz CT molecular complexity index is 682. The van der Waals surface area contributed by atoms with Crippen molar-refractivity contribution in [3.05, 3.63) is 60.2 Å². The van der Waals surface area contributed by atoms with Crippen molar-refractivity contribution in [2.75, 3.05) is 12.4 Å². The van der Waals surface area contributed by atoms with Crippen LogP contribution in [-0.4, -0.2) is 24.1 Å². The van der Waals surface area contributed by atoms with Crippen LogP contribution in [0.3, 0.4) is 0 Å². The van der Waals surface area contributed by atoms with Crippen LogP contribution < -0.4 is 10.1 Å². The number of hydrogen-bond acceptors (Lipinski definition) is 3. The van der Waals surface area contributed by atoms with E-state index in [1.807, 2.05) is 37.3 Å². The van der Waals surface area contributed by atoms with Gasteiger partial charge in [0.2, 0.25) is 5.91 Å². The van der Waals surface area contributed by atoms with Crippen molar-refractivity contribution in [3.63, 3.8) is 0 Å². The highest BCUT2D eigenvalue weighted by Crippen LogP contribution is 2.27. The lowest BCUT2D eigenvalue weighted by Gasteiger charge is -2.20. The van der Waals surface area contributed by atoms with Crippen LogP contribution in [0.15, 0.2) is 54.6 Å². The molecule has 2 aromatic carbocycles. The molecule has 0 aliphatic heterocycles. The molecule has 0 fully saturated rings. The molecule has 2 N–H and O–H groups in total. The number of carbonyl (C=O) groups is 2. The molecule has 2 atom stereocenters. The molecule has 0 aromatic heterocycles. The van der Waals surface area contributed by atoms with Crippen LogP contribution in [-0.2, 0) is 9.59 Å². The fourth-order valence-electron chi connectivity index (χ4n) is 2.55. The molecule has 0 saturated heterocycles. The number of carbonyl (C=O) groups excluding carboxylic acids is 1. The molecule has 2 rings (SSSR count). The second-order valence-electron chi connectivity index (χ2n) is 5.62. The van der Waals surface area contributed by atoms with Crippen molar-refractivity contribution in [1.82, 2.24) is 0 Å². The Morgan fingerprint density at radius 1 is 1.08 bits per heavy atom. The summed E-state index contributed by atoms with van der Waals surface area (Å²) in [7, 11) is 1.57. The lowest BCUT2D eigenvalue weighted by molar-refractivity contribution is -0.144. The highest BCUT2D eigenvalue weighted by molar-refractivity contribution is 5.93. The molecular formula is C19H21NO4. The highest BCUT2D eigenvalue weighted by atomic mass is 16.5. The predicted octanol–water partition coefficient (Wildman–Crippen LogP) is 3.53. The van der Waals surface area contributed by atoms with Gasteiger partial charge in [0.1, 0.15) is 5.75 Å². The second kappa shape index (κ2) is 8.15. The van der Waals surface area contributed by atoms with Gasteiger partial charge in [0.25, 0.3) is 0 Å². The topological polar surface area (TPSA) is 75.6 Å². The summed E-state index contributed by atoms with van der Waals surface area (Å²) in [6, 6.07) is 16.3. The summed E-state index contributed by atoms with van der Waals surface area (Å²) < 4.78 is 5.06. The van der Waals surface area contributed by atoms with Crippen molar-refractivity contribution in [1.29, 1.82) is 0 Å². The second-order valence-corrected chi connectivity index (χ2v) is 5.62. The molecule has 5 nitrogen and oxygen atoms in total. The van der Waals surface area contributed by atoms with Gasteiger partial charge in [-0.1, -0.05) is 37.3 Å². The number of nitrogens with one attached hydrogen (secondary N) is 1. The lowest BCUT2D eigenvalue weighted by atomic mass is 9.85. The SMILES string of the molecule is COc1ccc(NC(=O)C[C@@H](C(=O)O)[C@@H](C)c2ccccc2)cc1. The van der Waals surface area contributed by atoms with Crippen molar-refractivity contribution in [3.8, 4) is 5.75 Å². The number of hydrogen-bond donors (Lipinski definition) is 2. The minimum absolute atomic E-state index is 0.0859. The van der Waals surface area contributed by atoms with Gasteiger partial charge in [-0.25, -0.2) is 0 Å². The van der Waals surface area contributed by atoms with Crippen LogP contribution in [0, 0.1) is 5.92 Å². The first-order chi connectivity index (χ1) is 11.5. The summed E-state index contributed by atoms with van der Waals surface area (Å²) >= 11 is 0. The number of carboxylic acid groups (broad SMARTS) is 1. The van der Waals surface area contributed by atoms with Gasteiger partial charge in [0, 0.05) is 12.1 Å². The fourth-order valence-corrected chi connectivity index (χ4v) is 2.55. The molecule has 0 aliphatic rings. The molecule has 0 heterocycles. The van der Waals surface area contributed by atoms with Crippen LogP contribution in [0.2, 0.25) is 0 Å². The Morgan fingerprint density at radius 2 is 1.71 bits per heavy atom. The number of rotatable bonds is 7. The first kappa shape index (κ1) is 17.5. The summed E-state index contributed by atoms with van der Waals surface area (Å²) in [4.78, 5) is 23.8.